The first-order chi connectivity index (χ1) is 16.5. The third kappa shape index (κ3) is 10.2. The second kappa shape index (κ2) is 14.8. The summed E-state index contributed by atoms with van der Waals surface area (Å²) in [5.74, 6) is -1.91. The molecule has 0 aromatic heterocycles. The largest absolute Gasteiger partial charge is 0.394 e. The van der Waals surface area contributed by atoms with Gasteiger partial charge in [0.1, 0.15) is 18.3 Å². The maximum absolute atomic E-state index is 12.9. The van der Waals surface area contributed by atoms with Gasteiger partial charge in [0.05, 0.1) is 12.6 Å². The molecule has 0 radical (unpaired) electrons. The van der Waals surface area contributed by atoms with Gasteiger partial charge in [0.2, 0.25) is 11.8 Å². The highest BCUT2D eigenvalue weighted by molar-refractivity contribution is 5.92. The molecule has 1 aliphatic rings. The minimum atomic E-state index is -1.28. The lowest BCUT2D eigenvalue weighted by molar-refractivity contribution is -0.133. The lowest BCUT2D eigenvalue weighted by Crippen LogP contribution is -2.62. The van der Waals surface area contributed by atoms with Gasteiger partial charge >= 0.3 is 6.03 Å². The highest BCUT2D eigenvalue weighted by atomic mass is 16.3. The fourth-order valence-corrected chi connectivity index (χ4v) is 3.50. The van der Waals surface area contributed by atoms with Crippen LogP contribution in [0.1, 0.15) is 39.5 Å². The molecule has 0 spiro atoms. The Bertz CT molecular complexity index is 759. The Morgan fingerprint density at radius 3 is 2.40 bits per heavy atom. The molecule has 15 nitrogen and oxygen atoms in total. The van der Waals surface area contributed by atoms with Crippen LogP contribution in [-0.2, 0) is 9.59 Å². The van der Waals surface area contributed by atoms with Gasteiger partial charge in [-0.3, -0.25) is 20.0 Å². The summed E-state index contributed by atoms with van der Waals surface area (Å²) in [7, 11) is 0. The molecule has 4 unspecified atom stereocenters. The van der Waals surface area contributed by atoms with Crippen LogP contribution >= 0.6 is 0 Å². The number of unbranched alkanes of at least 4 members (excludes halogenated alkanes) is 1. The van der Waals surface area contributed by atoms with Crippen LogP contribution in [0.3, 0.4) is 0 Å². The van der Waals surface area contributed by atoms with Gasteiger partial charge in [0.25, 0.3) is 0 Å². The van der Waals surface area contributed by atoms with Gasteiger partial charge in [-0.05, 0) is 31.6 Å². The van der Waals surface area contributed by atoms with Gasteiger partial charge in [-0.15, -0.1) is 0 Å². The first-order valence-electron chi connectivity index (χ1n) is 11.6. The van der Waals surface area contributed by atoms with Crippen molar-refractivity contribution in [2.24, 2.45) is 28.1 Å². The molecule has 1 rings (SSSR count). The number of likely N-dealkylation sites (tertiary alicyclic amines) is 1. The Hall–Kier alpha value is -3.33. The highest BCUT2D eigenvalue weighted by Crippen LogP contribution is 2.16. The van der Waals surface area contributed by atoms with E-state index in [1.54, 1.807) is 13.8 Å². The number of aliphatic hydroxyl groups is 2. The predicted molar refractivity (Wildman–Crippen MR) is 130 cm³/mol. The Balaban J connectivity index is 2.61. The predicted octanol–water partition coefficient (Wildman–Crippen LogP) is -3.37. The zero-order valence-electron chi connectivity index (χ0n) is 20.3. The van der Waals surface area contributed by atoms with Crippen LogP contribution in [0.5, 0.6) is 0 Å². The standard InChI is InChI=1S/C20H40N10O5/c1-11(2)14(16(33)27-12-6-5-9-30(17(12)34)19(23)24)29-15(32)13(10-31)28-20(35)26-8-4-3-7-25-18(21)22/h11-14,17,31,34H,3-10H2,1-2H3,(H3,23,24)(H,27,33)(H,29,32)(H4,21,22,25)(H2,26,28,35). The summed E-state index contributed by atoms with van der Waals surface area (Å²) in [6.45, 7) is 3.90. The summed E-state index contributed by atoms with van der Waals surface area (Å²) < 4.78 is 0. The van der Waals surface area contributed by atoms with Crippen molar-refractivity contribution in [1.82, 2.24) is 26.2 Å². The van der Waals surface area contributed by atoms with E-state index in [0.29, 0.717) is 45.3 Å². The number of carbonyl (C=O) groups excluding carboxylic acids is 3. The lowest BCUT2D eigenvalue weighted by Gasteiger charge is -2.39. The van der Waals surface area contributed by atoms with Crippen molar-refractivity contribution in [3.8, 4) is 0 Å². The van der Waals surface area contributed by atoms with Crippen LogP contribution < -0.4 is 38.5 Å². The molecule has 0 saturated carbocycles. The van der Waals surface area contributed by atoms with Crippen molar-refractivity contribution in [3.63, 3.8) is 0 Å². The van der Waals surface area contributed by atoms with Gasteiger partial charge in [0, 0.05) is 19.6 Å². The van der Waals surface area contributed by atoms with Crippen molar-refractivity contribution in [2.45, 2.75) is 63.9 Å². The maximum atomic E-state index is 12.9. The molecule has 35 heavy (non-hydrogen) atoms. The Labute approximate surface area is 204 Å². The normalized spacial score (nSPS) is 19.3. The summed E-state index contributed by atoms with van der Waals surface area (Å²) in [5.41, 5.74) is 15.9. The number of nitrogens with zero attached hydrogens (tertiary/aromatic N) is 2. The van der Waals surface area contributed by atoms with Gasteiger partial charge < -0.3 is 53.6 Å². The molecule has 13 N–H and O–H groups in total. The van der Waals surface area contributed by atoms with E-state index in [4.69, 9.17) is 22.6 Å². The summed E-state index contributed by atoms with van der Waals surface area (Å²) in [4.78, 5) is 42.7. The van der Waals surface area contributed by atoms with Crippen LogP contribution in [0, 0.1) is 11.3 Å². The lowest BCUT2D eigenvalue weighted by atomic mass is 9.99. The number of hydrogen-bond acceptors (Lipinski definition) is 7. The summed E-state index contributed by atoms with van der Waals surface area (Å²) in [5, 5.41) is 37.8. The van der Waals surface area contributed by atoms with Crippen molar-refractivity contribution in [1.29, 1.82) is 5.41 Å². The number of guanidine groups is 2. The average Bonchev–Trinajstić information content (AvgIpc) is 2.78. The molecule has 15 heteroatoms. The number of rotatable bonds is 12. The van der Waals surface area contributed by atoms with Crippen molar-refractivity contribution >= 4 is 29.8 Å². The van der Waals surface area contributed by atoms with Crippen molar-refractivity contribution in [3.05, 3.63) is 0 Å². The second-order valence-corrected chi connectivity index (χ2v) is 8.63. The van der Waals surface area contributed by atoms with Crippen LogP contribution in [-0.4, -0.2) is 95.5 Å². The number of nitrogens with two attached hydrogens (primary N) is 3. The number of piperidine rings is 1. The van der Waals surface area contributed by atoms with Crippen LogP contribution in [0.15, 0.2) is 4.99 Å². The molecular weight excluding hydrogens is 460 g/mol. The van der Waals surface area contributed by atoms with E-state index in [1.807, 2.05) is 0 Å². The number of carbonyl (C=O) groups is 3. The van der Waals surface area contributed by atoms with Crippen molar-refractivity contribution < 1.29 is 24.6 Å². The topological polar surface area (TPSA) is 257 Å². The Morgan fingerprint density at radius 1 is 1.14 bits per heavy atom. The van der Waals surface area contributed by atoms with E-state index in [0.717, 1.165) is 0 Å². The number of aliphatic hydroxyl groups excluding tert-OH is 2. The Morgan fingerprint density at radius 2 is 1.83 bits per heavy atom. The minimum Gasteiger partial charge on any atom is -0.394 e. The van der Waals surface area contributed by atoms with E-state index in [1.165, 1.54) is 4.90 Å². The third-order valence-corrected chi connectivity index (χ3v) is 5.45. The van der Waals surface area contributed by atoms with Gasteiger partial charge in [-0.25, -0.2) is 4.79 Å². The second-order valence-electron chi connectivity index (χ2n) is 8.63. The van der Waals surface area contributed by atoms with E-state index >= 15 is 0 Å². The molecule has 1 fully saturated rings. The van der Waals surface area contributed by atoms with E-state index in [2.05, 4.69) is 26.3 Å². The minimum absolute atomic E-state index is 0.00571. The Kier molecular flexibility index (Phi) is 12.6. The SMILES string of the molecule is CC(C)C(NC(=O)C(CO)NC(=O)NCCCCN=C(N)N)C(=O)NC1CCCN(C(=N)N)C1O. The third-order valence-electron chi connectivity index (χ3n) is 5.45. The highest BCUT2D eigenvalue weighted by Gasteiger charge is 2.35. The zero-order valence-corrected chi connectivity index (χ0v) is 20.3. The number of aliphatic imine (C=N–C) groups is 1. The van der Waals surface area contributed by atoms with Crippen LogP contribution in [0.25, 0.3) is 0 Å². The van der Waals surface area contributed by atoms with E-state index < -0.39 is 48.8 Å². The zero-order chi connectivity index (χ0) is 26.5. The van der Waals surface area contributed by atoms with E-state index in [-0.39, 0.29) is 17.8 Å². The molecule has 1 saturated heterocycles. The summed E-state index contributed by atoms with van der Waals surface area (Å²) in [6, 6.07) is -3.60. The molecule has 1 heterocycles. The molecule has 4 amide bonds. The van der Waals surface area contributed by atoms with Crippen molar-refractivity contribution in [2.75, 3.05) is 26.2 Å². The molecule has 0 aromatic carbocycles. The van der Waals surface area contributed by atoms with Crippen LogP contribution in [0.4, 0.5) is 4.79 Å². The first-order valence-corrected chi connectivity index (χ1v) is 11.6. The first kappa shape index (κ1) is 29.7. The molecule has 0 aliphatic carbocycles. The molecule has 1 aliphatic heterocycles. The number of hydrogen-bond donors (Lipinski definition) is 10. The van der Waals surface area contributed by atoms with E-state index in [9.17, 15) is 24.6 Å². The fraction of sp³-hybridized carbons (Fsp3) is 0.750. The molecule has 200 valence electrons. The monoisotopic (exact) mass is 500 g/mol. The van der Waals surface area contributed by atoms with Gasteiger partial charge in [0.15, 0.2) is 11.9 Å². The fourth-order valence-electron chi connectivity index (χ4n) is 3.50. The summed E-state index contributed by atoms with van der Waals surface area (Å²) in [6.07, 6.45) is 1.17. The molecular formula is C20H40N10O5. The molecule has 0 bridgehead atoms. The van der Waals surface area contributed by atoms with Gasteiger partial charge in [-0.1, -0.05) is 13.8 Å². The van der Waals surface area contributed by atoms with Crippen LogP contribution in [0.2, 0.25) is 0 Å². The molecule has 4 atom stereocenters. The molecule has 0 aromatic rings. The number of amides is 4. The number of urea groups is 1. The van der Waals surface area contributed by atoms with Gasteiger partial charge in [-0.2, -0.15) is 0 Å². The average molecular weight is 501 g/mol. The summed E-state index contributed by atoms with van der Waals surface area (Å²) >= 11 is 0. The smallest absolute Gasteiger partial charge is 0.315 e. The quantitative estimate of drug-likeness (QED) is 0.0727. The number of nitrogens with one attached hydrogen (secondary N) is 5. The maximum Gasteiger partial charge on any atom is 0.315 e.